The number of ether oxygens (including phenoxy) is 6. The summed E-state index contributed by atoms with van der Waals surface area (Å²) < 4.78 is 34.2. The second-order valence-electron chi connectivity index (χ2n) is 20.7. The van der Waals surface area contributed by atoms with E-state index in [4.69, 9.17) is 39.1 Å². The molecule has 9 amide bonds. The highest BCUT2D eigenvalue weighted by Gasteiger charge is 2.45. The fourth-order valence-electron chi connectivity index (χ4n) is 9.79. The van der Waals surface area contributed by atoms with Crippen molar-refractivity contribution in [2.75, 3.05) is 84.7 Å². The van der Waals surface area contributed by atoms with E-state index in [2.05, 4.69) is 21.3 Å². The van der Waals surface area contributed by atoms with Crippen molar-refractivity contribution in [3.05, 3.63) is 98.9 Å². The number of carbonyl (C=O) groups is 9. The van der Waals surface area contributed by atoms with E-state index in [-0.39, 0.29) is 134 Å². The Morgan fingerprint density at radius 3 is 2.27 bits per heavy atom. The van der Waals surface area contributed by atoms with Gasteiger partial charge in [0.25, 0.3) is 17.4 Å². The zero-order chi connectivity index (χ0) is 62.2. The Morgan fingerprint density at radius 1 is 0.849 bits per heavy atom. The quantitative estimate of drug-likeness (QED) is 0.0156. The van der Waals surface area contributed by atoms with Crippen LogP contribution in [-0.2, 0) is 79.4 Å². The molecule has 28 nitrogen and oxygen atoms in total. The van der Waals surface area contributed by atoms with E-state index in [1.165, 1.54) is 16.8 Å². The number of likely N-dealkylation sites (N-methyl/N-ethyl adjacent to an activating group) is 1. The van der Waals surface area contributed by atoms with Crippen molar-refractivity contribution < 1.29 is 81.8 Å². The van der Waals surface area contributed by atoms with Crippen LogP contribution in [-0.4, -0.2) is 180 Å². The van der Waals surface area contributed by atoms with Crippen LogP contribution in [0.5, 0.6) is 5.75 Å². The lowest BCUT2D eigenvalue weighted by Gasteiger charge is -2.31. The van der Waals surface area contributed by atoms with Gasteiger partial charge in [-0.25, -0.2) is 29.0 Å². The molecule has 28 heteroatoms. The third-order valence-electron chi connectivity index (χ3n) is 14.6. The number of esters is 1. The minimum atomic E-state index is -1.98. The average Bonchev–Trinajstić information content (AvgIpc) is 1.66. The van der Waals surface area contributed by atoms with Crippen LogP contribution < -0.4 is 37.3 Å². The lowest BCUT2D eigenvalue weighted by molar-refractivity contribution is -0.172. The fraction of sp³-hybridized carbons (Fsp3) is 0.466. The first-order chi connectivity index (χ1) is 41.2. The van der Waals surface area contributed by atoms with Gasteiger partial charge in [-0.1, -0.05) is 39.8 Å². The number of amides is 9. The molecule has 2 aromatic carbocycles. The largest absolute Gasteiger partial charge is 0.458 e. The molecule has 462 valence electrons. The van der Waals surface area contributed by atoms with Gasteiger partial charge in [-0.05, 0) is 79.1 Å². The molecular formula is C58H72N10O18. The van der Waals surface area contributed by atoms with Crippen molar-refractivity contribution >= 4 is 70.5 Å². The van der Waals surface area contributed by atoms with Crippen LogP contribution in [0.4, 0.5) is 24.9 Å². The van der Waals surface area contributed by atoms with Crippen LogP contribution in [0.15, 0.2) is 65.5 Å². The Bertz CT molecular complexity index is 3280. The number of nitrogens with two attached hydrogens (primary N) is 1. The average molecular weight is 1200 g/mol. The highest BCUT2D eigenvalue weighted by atomic mass is 16.6. The van der Waals surface area contributed by atoms with Gasteiger partial charge in [0.1, 0.15) is 37.7 Å². The summed E-state index contributed by atoms with van der Waals surface area (Å²) in [5.41, 5.74) is 7.31. The predicted octanol–water partition coefficient (Wildman–Crippen LogP) is 2.28. The summed E-state index contributed by atoms with van der Waals surface area (Å²) in [6.07, 6.45) is 0.711. The molecular weight excluding hydrogens is 1120 g/mol. The van der Waals surface area contributed by atoms with Crippen LogP contribution in [0, 0.1) is 5.92 Å². The molecule has 3 aliphatic heterocycles. The number of benzene rings is 2. The molecule has 3 atom stereocenters. The number of aliphatic hydroxyl groups excluding tert-OH is 1. The lowest BCUT2D eigenvalue weighted by Crippen LogP contribution is -2.54. The summed E-state index contributed by atoms with van der Waals surface area (Å²) in [4.78, 5) is 137. The Kier molecular flexibility index (Phi) is 22.3. The molecule has 7 rings (SSSR count). The molecule has 0 bridgehead atoms. The number of anilines is 1. The van der Waals surface area contributed by atoms with Crippen molar-refractivity contribution in [1.29, 1.82) is 0 Å². The van der Waals surface area contributed by atoms with E-state index in [1.54, 1.807) is 73.9 Å². The van der Waals surface area contributed by atoms with Gasteiger partial charge in [-0.2, -0.15) is 0 Å². The fourth-order valence-corrected chi connectivity index (χ4v) is 9.79. The normalized spacial score (nSPS) is 15.5. The van der Waals surface area contributed by atoms with Gasteiger partial charge < -0.3 is 80.0 Å². The molecule has 3 aliphatic rings. The number of imide groups is 1. The molecule has 1 unspecified atom stereocenters. The van der Waals surface area contributed by atoms with Crippen LogP contribution in [0.1, 0.15) is 74.8 Å². The SMILES string of the molecule is CCc1c2c(nc3ccc(OC(=O)N(CCOCCO)CCN(C)C(=O)OCc4ccc(NC(=O)[C@H](CCCNC(N)=O)NC(=O)[C@@H](NC(=O)OCCOCCN5C(=O)C=CC5=O)C(C)C)cc4)cc13)-c1cc3c(c(=O)n1C2)COC(=O)C3(O)CC. The number of cyclic esters (lactones) is 1. The monoisotopic (exact) mass is 1200 g/mol. The van der Waals surface area contributed by atoms with Crippen LogP contribution >= 0.6 is 0 Å². The smallest absolute Gasteiger partial charge is 0.415 e. The number of primary amides is 1. The van der Waals surface area contributed by atoms with Crippen LogP contribution in [0.2, 0.25) is 0 Å². The van der Waals surface area contributed by atoms with Crippen LogP contribution in [0.25, 0.3) is 22.3 Å². The van der Waals surface area contributed by atoms with Gasteiger partial charge in [0.05, 0.1) is 68.6 Å². The standard InChI is InChI=1S/C58H72N10O18/c1-6-38-39-29-37(14-15-43(39)62-49-40(38)31-68-45(49)30-42-41(52(68)74)33-84-53(75)58(42,80)7-2)86-57(79)66(21-24-81-26-23-69)20-19-65(5)56(78)85-32-35-10-12-36(13-11-35)61-50(72)44(9-8-18-60-54(59)76)63-51(73)48(34(3)4)64-55(77)83-28-27-82-25-22-67-46(70)16-17-47(67)71/h10-17,29-30,34,44,48,69,80H,6-9,18-28,31-33H2,1-5H3,(H,61,72)(H,63,73)(H,64,77)(H3,59,60,76)/t44-,48-,58?/m0/s1. The number of aromatic nitrogens is 2. The Hall–Kier alpha value is -8.99. The Morgan fingerprint density at radius 2 is 1.58 bits per heavy atom. The minimum absolute atomic E-state index is 0.00441. The first-order valence-corrected chi connectivity index (χ1v) is 28.1. The topological polar surface area (TPSA) is 368 Å². The van der Waals surface area contributed by atoms with Gasteiger partial charge in [0.15, 0.2) is 5.60 Å². The summed E-state index contributed by atoms with van der Waals surface area (Å²) in [7, 11) is 1.49. The highest BCUT2D eigenvalue weighted by molar-refractivity contribution is 6.12. The summed E-state index contributed by atoms with van der Waals surface area (Å²) in [6.45, 7) is 6.42. The molecule has 0 radical (unpaired) electrons. The highest BCUT2D eigenvalue weighted by Crippen LogP contribution is 2.41. The lowest BCUT2D eigenvalue weighted by atomic mass is 9.86. The number of carbonyl (C=O) groups excluding carboxylic acids is 9. The van der Waals surface area contributed by atoms with Crippen molar-refractivity contribution in [2.24, 2.45) is 11.7 Å². The molecule has 0 spiro atoms. The zero-order valence-electron chi connectivity index (χ0n) is 48.5. The van der Waals surface area contributed by atoms with E-state index in [0.29, 0.717) is 40.0 Å². The number of fused-ring (bicyclic) bond motifs is 5. The van der Waals surface area contributed by atoms with E-state index in [1.807, 2.05) is 6.92 Å². The first-order valence-electron chi connectivity index (χ1n) is 28.1. The molecule has 4 aromatic rings. The minimum Gasteiger partial charge on any atom is -0.458 e. The second kappa shape index (κ2) is 29.7. The summed E-state index contributed by atoms with van der Waals surface area (Å²) in [5, 5.41) is 31.7. The number of nitrogens with one attached hydrogen (secondary N) is 4. The Labute approximate surface area is 494 Å². The van der Waals surface area contributed by atoms with E-state index >= 15 is 0 Å². The molecule has 0 fully saturated rings. The van der Waals surface area contributed by atoms with E-state index in [0.717, 1.165) is 28.2 Å². The molecule has 0 aliphatic carbocycles. The van der Waals surface area contributed by atoms with E-state index < -0.39 is 77.5 Å². The molecule has 0 saturated carbocycles. The third-order valence-corrected chi connectivity index (χ3v) is 14.6. The summed E-state index contributed by atoms with van der Waals surface area (Å²) in [6, 6.07) is 9.89. The number of hydrogen-bond acceptors (Lipinski definition) is 19. The van der Waals surface area contributed by atoms with E-state index in [9.17, 15) is 58.2 Å². The molecule has 0 saturated heterocycles. The van der Waals surface area contributed by atoms with Gasteiger partial charge in [-0.3, -0.25) is 28.9 Å². The van der Waals surface area contributed by atoms with Crippen molar-refractivity contribution in [2.45, 2.75) is 90.8 Å². The van der Waals surface area contributed by atoms with Gasteiger partial charge >= 0.3 is 30.3 Å². The maximum atomic E-state index is 13.9. The number of aliphatic hydroxyl groups is 2. The number of hydrogen-bond donors (Lipinski definition) is 7. The summed E-state index contributed by atoms with van der Waals surface area (Å²) in [5.74, 6) is -3.30. The van der Waals surface area contributed by atoms with Crippen molar-refractivity contribution in [3.63, 3.8) is 0 Å². The van der Waals surface area contributed by atoms with Gasteiger partial charge in [-0.15, -0.1) is 0 Å². The Balaban J connectivity index is 0.914. The first kappa shape index (κ1) is 64.6. The number of aryl methyl sites for hydroxylation is 1. The number of nitrogens with zero attached hydrogens (tertiary/aromatic N) is 5. The van der Waals surface area contributed by atoms with Crippen molar-refractivity contribution in [3.8, 4) is 17.1 Å². The van der Waals surface area contributed by atoms with Gasteiger partial charge in [0.2, 0.25) is 11.8 Å². The second-order valence-corrected chi connectivity index (χ2v) is 20.7. The number of pyridine rings is 2. The van der Waals surface area contributed by atoms with Gasteiger partial charge in [0, 0.05) is 67.6 Å². The van der Waals surface area contributed by atoms with Crippen molar-refractivity contribution in [1.82, 2.24) is 40.2 Å². The predicted molar refractivity (Wildman–Crippen MR) is 306 cm³/mol. The molecule has 86 heavy (non-hydrogen) atoms. The molecule has 5 heterocycles. The maximum Gasteiger partial charge on any atom is 0.415 e. The number of urea groups is 1. The maximum absolute atomic E-state index is 13.9. The zero-order valence-corrected chi connectivity index (χ0v) is 48.5. The van der Waals surface area contributed by atoms with Crippen LogP contribution in [0.3, 0.4) is 0 Å². The third kappa shape index (κ3) is 15.8. The number of rotatable bonds is 29. The number of alkyl carbamates (subject to hydrolysis) is 1. The summed E-state index contributed by atoms with van der Waals surface area (Å²) >= 11 is 0. The molecule has 8 N–H and O–H groups in total. The molecule has 2 aromatic heterocycles.